The zero-order chi connectivity index (χ0) is 20.3. The van der Waals surface area contributed by atoms with E-state index < -0.39 is 23.6 Å². The molecule has 4 nitrogen and oxygen atoms in total. The highest BCUT2D eigenvalue weighted by molar-refractivity contribution is 5.71. The molecular formula is C24H38O4. The lowest BCUT2D eigenvalue weighted by molar-refractivity contribution is -0.223. The van der Waals surface area contributed by atoms with Gasteiger partial charge in [-0.3, -0.25) is 4.79 Å². The number of carboxylic acids is 1. The molecule has 4 aliphatic carbocycles. The van der Waals surface area contributed by atoms with Crippen molar-refractivity contribution in [3.8, 4) is 0 Å². The van der Waals surface area contributed by atoms with Crippen molar-refractivity contribution >= 4 is 5.97 Å². The zero-order valence-electron chi connectivity index (χ0n) is 17.7. The Morgan fingerprint density at radius 2 is 1.82 bits per heavy atom. The first-order valence-electron chi connectivity index (χ1n) is 11.5. The summed E-state index contributed by atoms with van der Waals surface area (Å²) in [5.41, 5.74) is -1.11. The van der Waals surface area contributed by atoms with Crippen LogP contribution < -0.4 is 0 Å². The van der Waals surface area contributed by atoms with Gasteiger partial charge in [-0.15, -0.1) is 0 Å². The smallest absolute Gasteiger partial charge is 0.307 e. The van der Waals surface area contributed by atoms with Crippen LogP contribution in [0.15, 0.2) is 12.2 Å². The molecule has 0 spiro atoms. The number of carboxylic acid groups (broad SMARTS) is 1. The van der Waals surface area contributed by atoms with Crippen LogP contribution >= 0.6 is 0 Å². The number of rotatable bonds is 3. The van der Waals surface area contributed by atoms with Crippen LogP contribution in [0.3, 0.4) is 0 Å². The van der Waals surface area contributed by atoms with Gasteiger partial charge in [0.25, 0.3) is 0 Å². The maximum absolute atomic E-state index is 12.2. The zero-order valence-corrected chi connectivity index (χ0v) is 17.7. The number of aliphatic hydroxyl groups is 2. The molecule has 28 heavy (non-hydrogen) atoms. The summed E-state index contributed by atoms with van der Waals surface area (Å²) in [4.78, 5) is 12.2. The average Bonchev–Trinajstić information content (AvgIpc) is 2.91. The molecule has 0 radical (unpaired) electrons. The summed E-state index contributed by atoms with van der Waals surface area (Å²) in [5, 5.41) is 32.4. The van der Waals surface area contributed by atoms with Gasteiger partial charge >= 0.3 is 5.97 Å². The molecule has 0 aromatic carbocycles. The van der Waals surface area contributed by atoms with Gasteiger partial charge in [0.15, 0.2) is 0 Å². The molecule has 0 saturated heterocycles. The number of allylic oxidation sites excluding steroid dienone is 2. The fraction of sp³-hybridized carbons (Fsp3) is 0.875. The third kappa shape index (κ3) is 2.59. The molecule has 4 saturated carbocycles. The quantitative estimate of drug-likeness (QED) is 0.624. The molecule has 9 atom stereocenters. The van der Waals surface area contributed by atoms with Crippen molar-refractivity contribution in [3.05, 3.63) is 12.2 Å². The molecule has 1 unspecified atom stereocenters. The number of hydrogen-bond donors (Lipinski definition) is 3. The van der Waals surface area contributed by atoms with E-state index in [0.717, 1.165) is 51.4 Å². The maximum atomic E-state index is 12.2. The third-order valence-electron chi connectivity index (χ3n) is 9.94. The first-order chi connectivity index (χ1) is 13.2. The van der Waals surface area contributed by atoms with Gasteiger partial charge in [0.05, 0.1) is 17.6 Å². The van der Waals surface area contributed by atoms with Gasteiger partial charge in [-0.25, -0.2) is 0 Å². The van der Waals surface area contributed by atoms with E-state index in [1.165, 1.54) is 0 Å². The van der Waals surface area contributed by atoms with Gasteiger partial charge in [-0.1, -0.05) is 32.9 Å². The molecule has 4 rings (SSSR count). The minimum absolute atomic E-state index is 0.101. The molecule has 4 fully saturated rings. The van der Waals surface area contributed by atoms with Gasteiger partial charge in [0.1, 0.15) is 0 Å². The second-order valence-electron chi connectivity index (χ2n) is 10.7. The Morgan fingerprint density at radius 3 is 2.50 bits per heavy atom. The van der Waals surface area contributed by atoms with Gasteiger partial charge in [-0.05, 0) is 86.9 Å². The topological polar surface area (TPSA) is 77.8 Å². The highest BCUT2D eigenvalue weighted by Crippen LogP contribution is 2.70. The average molecular weight is 391 g/mol. The van der Waals surface area contributed by atoms with E-state index in [9.17, 15) is 20.1 Å². The summed E-state index contributed by atoms with van der Waals surface area (Å²) >= 11 is 0. The Hall–Kier alpha value is -0.870. The predicted octanol–water partition coefficient (Wildman–Crippen LogP) is 4.40. The standard InChI is InChI=1S/C24H38O4/c1-4-5-6-15-9-12-24(28)19-8-7-16-13-17(25)14-20(21(26)27)23(16,3)18(19)10-11-22(15,24)2/h5-6,15-20,25,28H,4,7-14H2,1-3H3,(H,26,27)/b6-5+/t15-,16+,17+,18-,19+,20?,22+,23-,24-/m0/s1. The number of carbonyl (C=O) groups is 1. The summed E-state index contributed by atoms with van der Waals surface area (Å²) < 4.78 is 0. The van der Waals surface area contributed by atoms with E-state index in [4.69, 9.17) is 0 Å². The second-order valence-corrected chi connectivity index (χ2v) is 10.7. The monoisotopic (exact) mass is 390 g/mol. The molecule has 4 heteroatoms. The number of hydrogen-bond acceptors (Lipinski definition) is 3. The van der Waals surface area contributed by atoms with Crippen molar-refractivity contribution in [3.63, 3.8) is 0 Å². The molecule has 4 aliphatic rings. The van der Waals surface area contributed by atoms with E-state index in [1.807, 2.05) is 0 Å². The van der Waals surface area contributed by atoms with E-state index in [1.54, 1.807) is 0 Å². The Labute approximate surface area is 169 Å². The lowest BCUT2D eigenvalue weighted by Gasteiger charge is -2.64. The SMILES string of the molecule is CC/C=C/[C@H]1CC[C@]2(O)[C@@H]3CC[C@@H]4C[C@@H](O)CC(C(=O)O)[C@]4(C)[C@H]3CC[C@]12C. The van der Waals surface area contributed by atoms with Crippen LogP contribution in [0.1, 0.15) is 78.6 Å². The predicted molar refractivity (Wildman–Crippen MR) is 109 cm³/mol. The van der Waals surface area contributed by atoms with Crippen molar-refractivity contribution in [2.45, 2.75) is 90.3 Å². The molecular weight excluding hydrogens is 352 g/mol. The fourth-order valence-electron chi connectivity index (χ4n) is 8.32. The molecule has 0 amide bonds. The number of aliphatic hydroxyl groups excluding tert-OH is 1. The molecule has 0 bridgehead atoms. The first kappa shape index (κ1) is 20.4. The van der Waals surface area contributed by atoms with E-state index in [2.05, 4.69) is 32.9 Å². The molecule has 3 N–H and O–H groups in total. The second kappa shape index (κ2) is 6.84. The van der Waals surface area contributed by atoms with Crippen LogP contribution in [0.2, 0.25) is 0 Å². The van der Waals surface area contributed by atoms with E-state index in [-0.39, 0.29) is 28.6 Å². The molecule has 0 heterocycles. The van der Waals surface area contributed by atoms with Crippen LogP contribution in [0.4, 0.5) is 0 Å². The normalized spacial score (nSPS) is 53.5. The summed E-state index contributed by atoms with van der Waals surface area (Å²) in [7, 11) is 0. The Kier molecular flexibility index (Phi) is 4.98. The lowest BCUT2D eigenvalue weighted by atomic mass is 9.41. The minimum Gasteiger partial charge on any atom is -0.481 e. The van der Waals surface area contributed by atoms with Crippen molar-refractivity contribution in [2.24, 2.45) is 40.4 Å². The van der Waals surface area contributed by atoms with Crippen LogP contribution in [0, 0.1) is 40.4 Å². The van der Waals surface area contributed by atoms with Crippen LogP contribution in [0.25, 0.3) is 0 Å². The highest BCUT2D eigenvalue weighted by atomic mass is 16.4. The maximum Gasteiger partial charge on any atom is 0.307 e. The summed E-state index contributed by atoms with van der Waals surface area (Å²) in [5.74, 6) is -0.158. The number of fused-ring (bicyclic) bond motifs is 5. The van der Waals surface area contributed by atoms with Crippen molar-refractivity contribution in [2.75, 3.05) is 0 Å². The third-order valence-corrected chi connectivity index (χ3v) is 9.94. The molecule has 158 valence electrons. The summed E-state index contributed by atoms with van der Waals surface area (Å²) in [6, 6.07) is 0. The van der Waals surface area contributed by atoms with E-state index >= 15 is 0 Å². The van der Waals surface area contributed by atoms with Crippen molar-refractivity contribution in [1.82, 2.24) is 0 Å². The molecule has 0 aromatic rings. The number of aliphatic carboxylic acids is 1. The Balaban J connectivity index is 1.70. The lowest BCUT2D eigenvalue weighted by Crippen LogP contribution is -2.64. The highest BCUT2D eigenvalue weighted by Gasteiger charge is 2.68. The molecule has 0 aromatic heterocycles. The van der Waals surface area contributed by atoms with Crippen LogP contribution in [-0.4, -0.2) is 33.0 Å². The summed E-state index contributed by atoms with van der Waals surface area (Å²) in [6.07, 6.45) is 12.0. The Morgan fingerprint density at radius 1 is 1.07 bits per heavy atom. The summed E-state index contributed by atoms with van der Waals surface area (Å²) in [6.45, 7) is 6.62. The largest absolute Gasteiger partial charge is 0.481 e. The van der Waals surface area contributed by atoms with Gasteiger partial charge in [0.2, 0.25) is 0 Å². The van der Waals surface area contributed by atoms with Crippen molar-refractivity contribution in [1.29, 1.82) is 0 Å². The fourth-order valence-corrected chi connectivity index (χ4v) is 8.32. The van der Waals surface area contributed by atoms with Gasteiger partial charge < -0.3 is 15.3 Å². The first-order valence-corrected chi connectivity index (χ1v) is 11.5. The molecule has 0 aliphatic heterocycles. The van der Waals surface area contributed by atoms with Crippen LogP contribution in [-0.2, 0) is 4.79 Å². The van der Waals surface area contributed by atoms with E-state index in [0.29, 0.717) is 12.3 Å². The Bertz CT molecular complexity index is 659. The van der Waals surface area contributed by atoms with Gasteiger partial charge in [-0.2, -0.15) is 0 Å². The van der Waals surface area contributed by atoms with Gasteiger partial charge in [0, 0.05) is 5.41 Å². The van der Waals surface area contributed by atoms with Crippen LogP contribution in [0.5, 0.6) is 0 Å². The van der Waals surface area contributed by atoms with Crippen molar-refractivity contribution < 1.29 is 20.1 Å². The minimum atomic E-state index is -0.762.